The number of halogens is 1. The number of hydrogen-bond donors (Lipinski definition) is 2. The van der Waals surface area contributed by atoms with Crippen molar-refractivity contribution >= 4 is 11.4 Å². The Morgan fingerprint density at radius 3 is 3.06 bits per heavy atom. The monoisotopic (exact) mass is 238 g/mol. The largest absolute Gasteiger partial charge is 0.396 e. The second-order valence-electron chi connectivity index (χ2n) is 4.53. The van der Waals surface area contributed by atoms with E-state index in [-0.39, 0.29) is 18.1 Å². The van der Waals surface area contributed by atoms with Crippen LogP contribution in [-0.4, -0.2) is 24.3 Å². The molecule has 4 heteroatoms. The lowest BCUT2D eigenvalue weighted by molar-refractivity contribution is 0.279. The van der Waals surface area contributed by atoms with Gasteiger partial charge in [-0.1, -0.05) is 6.07 Å². The van der Waals surface area contributed by atoms with Crippen molar-refractivity contribution in [3.63, 3.8) is 0 Å². The van der Waals surface area contributed by atoms with Gasteiger partial charge < -0.3 is 15.7 Å². The molecule has 0 aliphatic carbocycles. The molecule has 0 radical (unpaired) electrons. The molecule has 1 atom stereocenters. The lowest BCUT2D eigenvalue weighted by Crippen LogP contribution is -2.30. The van der Waals surface area contributed by atoms with Crippen LogP contribution < -0.4 is 10.6 Å². The molecule has 0 amide bonds. The van der Waals surface area contributed by atoms with Crippen LogP contribution in [0.2, 0.25) is 0 Å². The summed E-state index contributed by atoms with van der Waals surface area (Å²) in [4.78, 5) is 2.17. The first kappa shape index (κ1) is 12.2. The maximum Gasteiger partial charge on any atom is 0.148 e. The molecule has 1 saturated heterocycles. The minimum Gasteiger partial charge on any atom is -0.396 e. The van der Waals surface area contributed by atoms with Crippen LogP contribution in [0.4, 0.5) is 15.8 Å². The molecule has 1 aromatic carbocycles. The number of anilines is 2. The Labute approximate surface area is 101 Å². The van der Waals surface area contributed by atoms with Crippen LogP contribution >= 0.6 is 0 Å². The summed E-state index contributed by atoms with van der Waals surface area (Å²) in [7, 11) is 0. The SMILES string of the molecule is Nc1c(F)cccc1N1CCCC1CCCO. The molecule has 3 nitrogen and oxygen atoms in total. The van der Waals surface area contributed by atoms with Crippen LogP contribution in [0.1, 0.15) is 25.7 Å². The third kappa shape index (κ3) is 2.52. The third-order valence-electron chi connectivity index (χ3n) is 3.41. The highest BCUT2D eigenvalue weighted by molar-refractivity contribution is 5.68. The number of aliphatic hydroxyl groups excluding tert-OH is 1. The number of hydrogen-bond acceptors (Lipinski definition) is 3. The molecular weight excluding hydrogens is 219 g/mol. The Bertz CT molecular complexity index is 384. The second-order valence-corrected chi connectivity index (χ2v) is 4.53. The van der Waals surface area contributed by atoms with Crippen molar-refractivity contribution in [2.24, 2.45) is 0 Å². The molecule has 94 valence electrons. The highest BCUT2D eigenvalue weighted by Gasteiger charge is 2.26. The fraction of sp³-hybridized carbons (Fsp3) is 0.538. The number of nitrogens with zero attached hydrogens (tertiary/aromatic N) is 1. The number of benzene rings is 1. The van der Waals surface area contributed by atoms with E-state index in [0.717, 1.165) is 37.9 Å². The second kappa shape index (κ2) is 5.36. The van der Waals surface area contributed by atoms with Crippen LogP contribution in [0.25, 0.3) is 0 Å². The molecule has 1 aliphatic heterocycles. The van der Waals surface area contributed by atoms with Crippen LogP contribution in [0.15, 0.2) is 18.2 Å². The topological polar surface area (TPSA) is 49.5 Å². The van der Waals surface area contributed by atoms with Gasteiger partial charge in [0.05, 0.1) is 11.4 Å². The number of nitrogen functional groups attached to an aromatic ring is 1. The summed E-state index contributed by atoms with van der Waals surface area (Å²) in [6.07, 6.45) is 3.92. The fourth-order valence-electron chi connectivity index (χ4n) is 2.56. The first-order valence-electron chi connectivity index (χ1n) is 6.15. The van der Waals surface area contributed by atoms with Crippen molar-refractivity contribution in [2.75, 3.05) is 23.8 Å². The Balaban J connectivity index is 2.17. The van der Waals surface area contributed by atoms with Crippen molar-refractivity contribution in [3.05, 3.63) is 24.0 Å². The molecule has 1 fully saturated rings. The normalized spacial score (nSPS) is 19.9. The Morgan fingerprint density at radius 1 is 1.47 bits per heavy atom. The van der Waals surface area contributed by atoms with Gasteiger partial charge in [0, 0.05) is 19.2 Å². The molecule has 0 bridgehead atoms. The molecule has 1 aromatic rings. The number of aliphatic hydroxyl groups is 1. The summed E-state index contributed by atoms with van der Waals surface area (Å²) < 4.78 is 13.4. The van der Waals surface area contributed by atoms with Gasteiger partial charge in [0.15, 0.2) is 0 Å². The van der Waals surface area contributed by atoms with Crippen LogP contribution in [-0.2, 0) is 0 Å². The van der Waals surface area contributed by atoms with Gasteiger partial charge in [0.1, 0.15) is 5.82 Å². The van der Waals surface area contributed by atoms with Gasteiger partial charge in [-0.25, -0.2) is 4.39 Å². The zero-order chi connectivity index (χ0) is 12.3. The first-order valence-corrected chi connectivity index (χ1v) is 6.15. The van der Waals surface area contributed by atoms with Gasteiger partial charge in [-0.15, -0.1) is 0 Å². The van der Waals surface area contributed by atoms with Crippen molar-refractivity contribution in [3.8, 4) is 0 Å². The highest BCUT2D eigenvalue weighted by Crippen LogP contribution is 2.33. The Hall–Kier alpha value is -1.29. The van der Waals surface area contributed by atoms with Crippen molar-refractivity contribution < 1.29 is 9.50 Å². The highest BCUT2D eigenvalue weighted by atomic mass is 19.1. The molecule has 0 aromatic heterocycles. The molecule has 1 aliphatic rings. The van der Waals surface area contributed by atoms with Gasteiger partial charge in [0.2, 0.25) is 0 Å². The van der Waals surface area contributed by atoms with Gasteiger partial charge >= 0.3 is 0 Å². The van der Waals surface area contributed by atoms with E-state index < -0.39 is 0 Å². The van der Waals surface area contributed by atoms with Gasteiger partial charge in [0.25, 0.3) is 0 Å². The molecule has 0 spiro atoms. The van der Waals surface area contributed by atoms with E-state index in [4.69, 9.17) is 10.8 Å². The van der Waals surface area contributed by atoms with E-state index in [1.54, 1.807) is 6.07 Å². The first-order chi connectivity index (χ1) is 8.24. The molecular formula is C13H19FN2O. The Morgan fingerprint density at radius 2 is 2.29 bits per heavy atom. The maximum atomic E-state index is 13.4. The van der Waals surface area contributed by atoms with Crippen molar-refractivity contribution in [2.45, 2.75) is 31.7 Å². The lowest BCUT2D eigenvalue weighted by Gasteiger charge is -2.28. The standard InChI is InChI=1S/C13H19FN2O/c14-11-6-1-7-12(13(11)15)16-8-2-4-10(16)5-3-9-17/h1,6-7,10,17H,2-5,8-9,15H2. The average molecular weight is 238 g/mol. The number of nitrogens with two attached hydrogens (primary N) is 1. The van der Waals surface area contributed by atoms with Gasteiger partial charge in [-0.3, -0.25) is 0 Å². The molecule has 3 N–H and O–H groups in total. The third-order valence-corrected chi connectivity index (χ3v) is 3.41. The number of rotatable bonds is 4. The number of para-hydroxylation sites is 1. The Kier molecular flexibility index (Phi) is 3.84. The quantitative estimate of drug-likeness (QED) is 0.790. The van der Waals surface area contributed by atoms with E-state index >= 15 is 0 Å². The zero-order valence-electron chi connectivity index (χ0n) is 9.90. The van der Waals surface area contributed by atoms with Gasteiger partial charge in [-0.2, -0.15) is 0 Å². The predicted molar refractivity (Wildman–Crippen MR) is 67.5 cm³/mol. The van der Waals surface area contributed by atoms with E-state index in [0.29, 0.717) is 6.04 Å². The molecule has 17 heavy (non-hydrogen) atoms. The van der Waals surface area contributed by atoms with E-state index in [1.165, 1.54) is 6.07 Å². The summed E-state index contributed by atoms with van der Waals surface area (Å²) >= 11 is 0. The van der Waals surface area contributed by atoms with Crippen LogP contribution in [0, 0.1) is 5.82 Å². The van der Waals surface area contributed by atoms with E-state index in [2.05, 4.69) is 4.90 Å². The molecule has 1 unspecified atom stereocenters. The molecule has 2 rings (SSSR count). The smallest absolute Gasteiger partial charge is 0.148 e. The van der Waals surface area contributed by atoms with Crippen molar-refractivity contribution in [1.29, 1.82) is 0 Å². The molecule has 0 saturated carbocycles. The van der Waals surface area contributed by atoms with Gasteiger partial charge in [-0.05, 0) is 37.8 Å². The van der Waals surface area contributed by atoms with E-state index in [1.807, 2.05) is 6.07 Å². The lowest BCUT2D eigenvalue weighted by atomic mass is 10.1. The summed E-state index contributed by atoms with van der Waals surface area (Å²) in [6, 6.07) is 5.33. The predicted octanol–water partition coefficient (Wildman–Crippen LogP) is 2.15. The minimum absolute atomic E-state index is 0.211. The summed E-state index contributed by atoms with van der Waals surface area (Å²) in [6.45, 7) is 1.13. The average Bonchev–Trinajstić information content (AvgIpc) is 2.78. The van der Waals surface area contributed by atoms with Crippen LogP contribution in [0.5, 0.6) is 0 Å². The maximum absolute atomic E-state index is 13.4. The summed E-state index contributed by atoms with van der Waals surface area (Å²) in [5.74, 6) is -0.352. The molecule has 1 heterocycles. The fourth-order valence-corrected chi connectivity index (χ4v) is 2.56. The van der Waals surface area contributed by atoms with Crippen molar-refractivity contribution in [1.82, 2.24) is 0 Å². The summed E-state index contributed by atoms with van der Waals surface area (Å²) in [5, 5.41) is 8.88. The summed E-state index contributed by atoms with van der Waals surface area (Å²) in [5.41, 5.74) is 6.82. The minimum atomic E-state index is -0.352. The van der Waals surface area contributed by atoms with Crippen LogP contribution in [0.3, 0.4) is 0 Å². The van der Waals surface area contributed by atoms with E-state index in [9.17, 15) is 4.39 Å². The zero-order valence-corrected chi connectivity index (χ0v) is 9.90.